The summed E-state index contributed by atoms with van der Waals surface area (Å²) >= 11 is 0. The first-order valence-corrected chi connectivity index (χ1v) is 16.9. The lowest BCUT2D eigenvalue weighted by molar-refractivity contribution is -0.572. The number of rotatable bonds is 7. The van der Waals surface area contributed by atoms with Gasteiger partial charge in [0, 0.05) is 35.3 Å². The Morgan fingerprint density at radius 2 is 1.43 bits per heavy atom. The van der Waals surface area contributed by atoms with Gasteiger partial charge in [0.1, 0.15) is 17.3 Å². The first kappa shape index (κ1) is 30.6. The molecule has 242 valence electrons. The Morgan fingerprint density at radius 3 is 2.27 bits per heavy atom. The van der Waals surface area contributed by atoms with Crippen molar-refractivity contribution in [2.24, 2.45) is 5.92 Å². The van der Waals surface area contributed by atoms with Crippen molar-refractivity contribution in [2.75, 3.05) is 0 Å². The second-order valence-corrected chi connectivity index (χ2v) is 14.2. The number of hydrogen-bond donors (Lipinski definition) is 0. The summed E-state index contributed by atoms with van der Waals surface area (Å²) in [4.78, 5) is 9.58. The fourth-order valence-electron chi connectivity index (χ4n) is 6.70. The van der Waals surface area contributed by atoms with E-state index >= 15 is 0 Å². The van der Waals surface area contributed by atoms with Gasteiger partial charge in [-0.25, -0.2) is 4.98 Å². The van der Waals surface area contributed by atoms with Gasteiger partial charge in [-0.1, -0.05) is 94.8 Å². The lowest BCUT2D eigenvalue weighted by Crippen LogP contribution is -2.29. The van der Waals surface area contributed by atoms with Crippen molar-refractivity contribution in [1.29, 1.82) is 0 Å². The van der Waals surface area contributed by atoms with Gasteiger partial charge in [-0.05, 0) is 71.8 Å². The van der Waals surface area contributed by atoms with Crippen molar-refractivity contribution in [1.82, 2.24) is 19.1 Å². The average Bonchev–Trinajstić information content (AvgIpc) is 3.64. The van der Waals surface area contributed by atoms with Gasteiger partial charge >= 0.3 is 0 Å². The molecule has 8 aromatic rings. The lowest BCUT2D eigenvalue weighted by atomic mass is 9.88. The molecule has 6 nitrogen and oxygen atoms in total. The molecular weight excluding hydrogens is 603 g/mol. The van der Waals surface area contributed by atoms with E-state index in [2.05, 4.69) is 141 Å². The Balaban J connectivity index is 1.19. The van der Waals surface area contributed by atoms with Gasteiger partial charge in [0.15, 0.2) is 5.82 Å². The Bertz CT molecular complexity index is 2480. The lowest BCUT2D eigenvalue weighted by Gasteiger charge is -2.20. The van der Waals surface area contributed by atoms with Gasteiger partial charge in [0.2, 0.25) is 0 Å². The predicted molar refractivity (Wildman–Crippen MR) is 197 cm³/mol. The van der Waals surface area contributed by atoms with Crippen LogP contribution in [-0.2, 0) is 11.8 Å². The van der Waals surface area contributed by atoms with Crippen molar-refractivity contribution in [3.63, 3.8) is 0 Å². The van der Waals surface area contributed by atoms with Crippen LogP contribution in [0.4, 0.5) is 0 Å². The normalized spacial score (nSPS) is 12.0. The maximum Gasteiger partial charge on any atom is 0.271 e. The molecule has 0 radical (unpaired) electrons. The fraction of sp³-hybridized carbons (Fsp3) is 0.186. The van der Waals surface area contributed by atoms with E-state index in [-0.39, 0.29) is 5.41 Å². The van der Waals surface area contributed by atoms with Crippen LogP contribution in [0, 0.1) is 12.2 Å². The van der Waals surface area contributed by atoms with E-state index in [1.807, 2.05) is 35.0 Å². The molecule has 4 aromatic heterocycles. The van der Waals surface area contributed by atoms with E-state index in [0.717, 1.165) is 56.9 Å². The Labute approximate surface area is 286 Å². The third-order valence-electron chi connectivity index (χ3n) is 9.04. The average molecular weight is 642 g/mol. The van der Waals surface area contributed by atoms with E-state index in [4.69, 9.17) is 14.7 Å². The van der Waals surface area contributed by atoms with Gasteiger partial charge in [-0.2, -0.15) is 0 Å². The molecule has 4 heterocycles. The van der Waals surface area contributed by atoms with Gasteiger partial charge < -0.3 is 4.74 Å². The molecule has 4 aromatic carbocycles. The minimum absolute atomic E-state index is 0.00329. The van der Waals surface area contributed by atoms with E-state index in [0.29, 0.717) is 11.7 Å². The summed E-state index contributed by atoms with van der Waals surface area (Å²) in [5.41, 5.74) is 7.84. The van der Waals surface area contributed by atoms with Crippen LogP contribution in [0.2, 0.25) is 0 Å². The molecule has 0 amide bonds. The molecule has 49 heavy (non-hydrogen) atoms. The van der Waals surface area contributed by atoms with E-state index < -0.39 is 0 Å². The molecule has 0 aliphatic rings. The van der Waals surface area contributed by atoms with E-state index in [9.17, 15) is 0 Å². The SMILES string of the molecule is CC(C)Cc1cccc(-[n+]2[c-]n(-c3cc(Oc4ccc5c6ccccc6n(-c6cc(C(C)(C)C)ccn6)c5c4)ccn3)c3ccccc32)c1. The van der Waals surface area contributed by atoms with Gasteiger partial charge in [-0.15, -0.1) is 0 Å². The molecule has 0 bridgehead atoms. The number of para-hydroxylation sites is 3. The molecule has 0 fully saturated rings. The van der Waals surface area contributed by atoms with Crippen molar-refractivity contribution in [2.45, 2.75) is 46.5 Å². The molecule has 0 saturated heterocycles. The molecule has 0 aliphatic heterocycles. The first-order chi connectivity index (χ1) is 23.7. The Hall–Kier alpha value is -5.75. The third-order valence-corrected chi connectivity index (χ3v) is 9.04. The number of pyridine rings is 2. The van der Waals surface area contributed by atoms with Crippen LogP contribution in [0.5, 0.6) is 11.5 Å². The van der Waals surface area contributed by atoms with Crippen LogP contribution < -0.4 is 9.30 Å². The van der Waals surface area contributed by atoms with Crippen molar-refractivity contribution in [3.8, 4) is 28.8 Å². The van der Waals surface area contributed by atoms with Gasteiger partial charge in [-0.3, -0.25) is 18.7 Å². The zero-order valence-corrected chi connectivity index (χ0v) is 28.6. The summed E-state index contributed by atoms with van der Waals surface area (Å²) in [6, 6.07) is 40.0. The van der Waals surface area contributed by atoms with E-state index in [1.165, 1.54) is 16.5 Å². The van der Waals surface area contributed by atoms with Gasteiger partial charge in [0.05, 0.1) is 27.8 Å². The number of imidazole rings is 1. The van der Waals surface area contributed by atoms with Crippen molar-refractivity contribution < 1.29 is 9.30 Å². The maximum absolute atomic E-state index is 6.56. The zero-order valence-electron chi connectivity index (χ0n) is 28.6. The number of nitrogens with zero attached hydrogens (tertiary/aromatic N) is 5. The molecule has 0 N–H and O–H groups in total. The highest BCUT2D eigenvalue weighted by Gasteiger charge is 2.19. The molecule has 8 rings (SSSR count). The smallest absolute Gasteiger partial charge is 0.271 e. The van der Waals surface area contributed by atoms with Crippen LogP contribution in [0.1, 0.15) is 45.7 Å². The number of ether oxygens (including phenoxy) is 1. The molecule has 0 aliphatic carbocycles. The van der Waals surface area contributed by atoms with Gasteiger partial charge in [0.25, 0.3) is 6.33 Å². The third kappa shape index (κ3) is 5.73. The highest BCUT2D eigenvalue weighted by atomic mass is 16.5. The number of hydrogen-bond acceptors (Lipinski definition) is 3. The molecule has 0 saturated carbocycles. The Kier molecular flexibility index (Phi) is 7.52. The Morgan fingerprint density at radius 1 is 0.694 bits per heavy atom. The van der Waals surface area contributed by atoms with Crippen LogP contribution in [-0.4, -0.2) is 19.1 Å². The topological polar surface area (TPSA) is 48.8 Å². The van der Waals surface area contributed by atoms with Crippen LogP contribution in [0.15, 0.2) is 128 Å². The largest absolute Gasteiger partial charge is 0.458 e. The summed E-state index contributed by atoms with van der Waals surface area (Å²) in [5, 5.41) is 2.33. The molecule has 0 unspecified atom stereocenters. The first-order valence-electron chi connectivity index (χ1n) is 16.9. The number of benzene rings is 4. The summed E-state index contributed by atoms with van der Waals surface area (Å²) in [6.45, 7) is 11.2. The van der Waals surface area contributed by atoms with Crippen molar-refractivity contribution >= 4 is 32.8 Å². The van der Waals surface area contributed by atoms with Crippen molar-refractivity contribution in [3.05, 3.63) is 145 Å². The summed E-state index contributed by atoms with van der Waals surface area (Å²) in [7, 11) is 0. The highest BCUT2D eigenvalue weighted by Crippen LogP contribution is 2.36. The number of aromatic nitrogens is 5. The second kappa shape index (κ2) is 12.0. The predicted octanol–water partition coefficient (Wildman–Crippen LogP) is 9.88. The molecule has 0 atom stereocenters. The molecule has 0 spiro atoms. The van der Waals surface area contributed by atoms with Crippen LogP contribution in [0.25, 0.3) is 50.2 Å². The minimum Gasteiger partial charge on any atom is -0.458 e. The number of fused-ring (bicyclic) bond motifs is 4. The van der Waals surface area contributed by atoms with E-state index in [1.54, 1.807) is 6.20 Å². The molecular formula is C43H39N5O. The maximum atomic E-state index is 6.56. The minimum atomic E-state index is 0.00329. The standard InChI is InChI=1S/C43H39N5O/c1-29(2)23-30-11-10-12-32(24-30)46-28-47(39-16-9-8-15-38(39)46)41-27-34(20-22-44-41)49-33-17-18-36-35-13-6-7-14-37(35)48(40(36)26-33)42-25-31(19-21-45-42)43(3,4)5/h6-22,24-27,29H,23H2,1-5H3. The monoisotopic (exact) mass is 641 g/mol. The van der Waals surface area contributed by atoms with Crippen LogP contribution >= 0.6 is 0 Å². The summed E-state index contributed by atoms with van der Waals surface area (Å²) < 4.78 is 12.9. The summed E-state index contributed by atoms with van der Waals surface area (Å²) in [6.07, 6.45) is 8.30. The summed E-state index contributed by atoms with van der Waals surface area (Å²) in [5.74, 6) is 3.62. The second-order valence-electron chi connectivity index (χ2n) is 14.2. The molecule has 6 heteroatoms. The zero-order chi connectivity index (χ0) is 33.7. The highest BCUT2D eigenvalue weighted by molar-refractivity contribution is 6.09. The fourth-order valence-corrected chi connectivity index (χ4v) is 6.70. The van der Waals surface area contributed by atoms with Crippen LogP contribution in [0.3, 0.4) is 0 Å². The quantitative estimate of drug-likeness (QED) is 0.129.